The zero-order valence-electron chi connectivity index (χ0n) is 13.5. The summed E-state index contributed by atoms with van der Waals surface area (Å²) in [4.78, 5) is 0. The van der Waals surface area contributed by atoms with E-state index in [-0.39, 0.29) is 6.04 Å². The van der Waals surface area contributed by atoms with Crippen LogP contribution >= 0.6 is 0 Å². The third-order valence-corrected chi connectivity index (χ3v) is 12.7. The average Bonchev–Trinajstić information content (AvgIpc) is 2.23. The Morgan fingerprint density at radius 1 is 0.950 bits per heavy atom. The quantitative estimate of drug-likeness (QED) is 0.582. The lowest BCUT2D eigenvalue weighted by Crippen LogP contribution is -2.54. The van der Waals surface area contributed by atoms with E-state index in [4.69, 9.17) is 12.7 Å². The molecule has 0 saturated heterocycles. The third-order valence-electron chi connectivity index (χ3n) is 2.59. The van der Waals surface area contributed by atoms with Gasteiger partial charge >= 0.3 is 17.1 Å². The van der Waals surface area contributed by atoms with Crippen LogP contribution in [0.25, 0.3) is 0 Å². The highest BCUT2D eigenvalue weighted by Crippen LogP contribution is 2.29. The van der Waals surface area contributed by atoms with Crippen LogP contribution in [0.15, 0.2) is 0 Å². The van der Waals surface area contributed by atoms with Gasteiger partial charge in [0.15, 0.2) is 15.0 Å². The van der Waals surface area contributed by atoms with Gasteiger partial charge in [0.2, 0.25) is 0 Å². The highest BCUT2D eigenvalue weighted by Gasteiger charge is 2.43. The van der Waals surface area contributed by atoms with E-state index in [0.29, 0.717) is 0 Å². The minimum atomic E-state index is -3.30. The van der Waals surface area contributed by atoms with E-state index in [1.165, 1.54) is 7.11 Å². The van der Waals surface area contributed by atoms with Gasteiger partial charge in [-0.15, -0.1) is 0 Å². The van der Waals surface area contributed by atoms with Gasteiger partial charge in [-0.1, -0.05) is 0 Å². The maximum Gasteiger partial charge on any atom is 0.326 e. The van der Waals surface area contributed by atoms with Crippen LogP contribution in [0.2, 0.25) is 45.3 Å². The summed E-state index contributed by atoms with van der Waals surface area (Å²) in [6.45, 7) is 10.0. The Balaban J connectivity index is 4.73. The molecule has 0 bridgehead atoms. The van der Waals surface area contributed by atoms with E-state index in [9.17, 15) is 13.2 Å². The van der Waals surface area contributed by atoms with Gasteiger partial charge in [0.25, 0.3) is 5.92 Å². The summed E-state index contributed by atoms with van der Waals surface area (Å²) in [5.74, 6) is -3.30. The molecule has 0 saturated carbocycles. The standard InChI is InChI=1S/C11H27F3O3Si3/c1-15-20(7,9-8-11(13,14)10-12)17-19(5,6)16-18(2,3)4/h8-10H2,1-7H3. The number of hydrogen-bond donors (Lipinski definition) is 0. The SMILES string of the molecule is CO[Si](C)(CCC(F)(F)CF)O[Si](C)(C)O[Si](C)(C)C. The van der Waals surface area contributed by atoms with Crippen molar-refractivity contribution in [2.45, 2.75) is 57.7 Å². The fourth-order valence-corrected chi connectivity index (χ4v) is 14.3. The second-order valence-electron chi connectivity index (χ2n) is 6.54. The van der Waals surface area contributed by atoms with Gasteiger partial charge in [0.1, 0.15) is 0 Å². The normalized spacial score (nSPS) is 17.1. The van der Waals surface area contributed by atoms with Crippen LogP contribution in [-0.4, -0.2) is 45.1 Å². The molecule has 0 spiro atoms. The molecule has 0 radical (unpaired) electrons. The van der Waals surface area contributed by atoms with E-state index in [2.05, 4.69) is 0 Å². The molecule has 9 heteroatoms. The Bertz CT molecular complexity index is 311. The number of halogens is 3. The van der Waals surface area contributed by atoms with Crippen molar-refractivity contribution >= 4 is 25.4 Å². The zero-order valence-corrected chi connectivity index (χ0v) is 16.5. The monoisotopic (exact) mass is 348 g/mol. The Morgan fingerprint density at radius 2 is 1.45 bits per heavy atom. The summed E-state index contributed by atoms with van der Waals surface area (Å²) in [5, 5.41) is 0. The van der Waals surface area contributed by atoms with Crippen molar-refractivity contribution in [1.29, 1.82) is 0 Å². The van der Waals surface area contributed by atoms with Crippen LogP contribution in [0.1, 0.15) is 6.42 Å². The lowest BCUT2D eigenvalue weighted by atomic mass is 10.3. The van der Waals surface area contributed by atoms with Gasteiger partial charge in [-0.05, 0) is 45.3 Å². The second kappa shape index (κ2) is 7.05. The molecule has 1 atom stereocenters. The second-order valence-corrected chi connectivity index (χ2v) is 18.4. The minimum absolute atomic E-state index is 0.0475. The molecule has 3 nitrogen and oxygen atoms in total. The van der Waals surface area contributed by atoms with Gasteiger partial charge in [0, 0.05) is 13.5 Å². The lowest BCUT2D eigenvalue weighted by Gasteiger charge is -2.38. The van der Waals surface area contributed by atoms with Crippen LogP contribution in [0.3, 0.4) is 0 Å². The van der Waals surface area contributed by atoms with E-state index in [0.717, 1.165) is 0 Å². The van der Waals surface area contributed by atoms with Gasteiger partial charge in [-0.2, -0.15) is 0 Å². The van der Waals surface area contributed by atoms with Gasteiger partial charge in [-0.3, -0.25) is 0 Å². The molecule has 0 aliphatic rings. The average molecular weight is 349 g/mol. The lowest BCUT2D eigenvalue weighted by molar-refractivity contribution is -0.0273. The molecule has 20 heavy (non-hydrogen) atoms. The first-order chi connectivity index (χ1) is 8.74. The van der Waals surface area contributed by atoms with Crippen LogP contribution in [0.5, 0.6) is 0 Å². The fourth-order valence-electron chi connectivity index (χ4n) is 1.95. The number of rotatable bonds is 9. The predicted molar refractivity (Wildman–Crippen MR) is 82.0 cm³/mol. The molecule has 0 aromatic carbocycles. The summed E-state index contributed by atoms with van der Waals surface area (Å²) in [6, 6.07) is 0.0475. The first kappa shape index (κ1) is 20.3. The first-order valence-corrected chi connectivity index (χ1v) is 15.4. The van der Waals surface area contributed by atoms with Crippen LogP contribution in [0.4, 0.5) is 13.2 Å². The Kier molecular flexibility index (Phi) is 7.17. The molecule has 0 aliphatic heterocycles. The number of alkyl halides is 3. The molecule has 0 aromatic rings. The molecule has 122 valence electrons. The molecule has 0 fully saturated rings. The van der Waals surface area contributed by atoms with Crippen molar-refractivity contribution < 1.29 is 25.8 Å². The van der Waals surface area contributed by atoms with Gasteiger partial charge < -0.3 is 12.7 Å². The smallest absolute Gasteiger partial charge is 0.326 e. The van der Waals surface area contributed by atoms with Crippen LogP contribution < -0.4 is 0 Å². The molecule has 0 aliphatic carbocycles. The minimum Gasteiger partial charge on any atom is -0.437 e. The largest absolute Gasteiger partial charge is 0.437 e. The molecule has 0 amide bonds. The molecule has 1 unspecified atom stereocenters. The van der Waals surface area contributed by atoms with Crippen LogP contribution in [-0.2, 0) is 12.7 Å². The molecule has 0 heterocycles. The highest BCUT2D eigenvalue weighted by molar-refractivity contribution is 6.86. The Morgan fingerprint density at radius 3 is 1.80 bits per heavy atom. The van der Waals surface area contributed by atoms with Crippen LogP contribution in [0, 0.1) is 0 Å². The summed E-state index contributed by atoms with van der Waals surface area (Å²) in [5.41, 5.74) is 0. The van der Waals surface area contributed by atoms with Gasteiger partial charge in [-0.25, -0.2) is 13.2 Å². The first-order valence-electron chi connectivity index (χ1n) is 6.63. The fraction of sp³-hybridized carbons (Fsp3) is 1.00. The zero-order chi connectivity index (χ0) is 16.2. The van der Waals surface area contributed by atoms with Crippen molar-refractivity contribution in [1.82, 2.24) is 0 Å². The Labute approximate surface area is 123 Å². The topological polar surface area (TPSA) is 27.7 Å². The molecule has 0 rings (SSSR count). The summed E-state index contributed by atoms with van der Waals surface area (Å²) in [6.07, 6.45) is -0.558. The van der Waals surface area contributed by atoms with E-state index < -0.39 is 44.5 Å². The number of hydrogen-bond acceptors (Lipinski definition) is 3. The summed E-state index contributed by atoms with van der Waals surface area (Å²) >= 11 is 0. The maximum atomic E-state index is 13.0. The van der Waals surface area contributed by atoms with E-state index in [1.54, 1.807) is 6.55 Å². The highest BCUT2D eigenvalue weighted by atomic mass is 28.5. The predicted octanol–water partition coefficient (Wildman–Crippen LogP) is 4.27. The Hall–Kier alpha value is 0.321. The van der Waals surface area contributed by atoms with Crippen molar-refractivity contribution in [3.8, 4) is 0 Å². The van der Waals surface area contributed by atoms with Crippen molar-refractivity contribution in [2.75, 3.05) is 13.8 Å². The molecule has 0 aromatic heterocycles. The van der Waals surface area contributed by atoms with Gasteiger partial charge in [0.05, 0.1) is 0 Å². The molecule has 0 N–H and O–H groups in total. The third kappa shape index (κ3) is 8.57. The van der Waals surface area contributed by atoms with E-state index in [1.807, 2.05) is 32.7 Å². The maximum absolute atomic E-state index is 13.0. The van der Waals surface area contributed by atoms with Crippen molar-refractivity contribution in [2.24, 2.45) is 0 Å². The van der Waals surface area contributed by atoms with E-state index >= 15 is 0 Å². The van der Waals surface area contributed by atoms with Crippen molar-refractivity contribution in [3.05, 3.63) is 0 Å². The summed E-state index contributed by atoms with van der Waals surface area (Å²) < 4.78 is 55.7. The molecular weight excluding hydrogens is 321 g/mol. The summed E-state index contributed by atoms with van der Waals surface area (Å²) in [7, 11) is -5.53. The molecular formula is C11H27F3O3Si3. The van der Waals surface area contributed by atoms with Crippen molar-refractivity contribution in [3.63, 3.8) is 0 Å².